The first-order valence-electron chi connectivity index (χ1n) is 9.61. The Bertz CT molecular complexity index is 1350. The zero-order valence-electron chi connectivity index (χ0n) is 16.5. The Morgan fingerprint density at radius 2 is 1.91 bits per heavy atom. The number of carbonyl (C=O) groups is 1. The van der Waals surface area contributed by atoms with Crippen molar-refractivity contribution in [2.75, 3.05) is 6.61 Å². The van der Waals surface area contributed by atoms with Gasteiger partial charge in [-0.05, 0) is 36.2 Å². The summed E-state index contributed by atoms with van der Waals surface area (Å²) in [5.41, 5.74) is 1.47. The molecule has 0 aliphatic rings. The second-order valence-electron chi connectivity index (χ2n) is 7.08. The maximum absolute atomic E-state index is 13.2. The standard InChI is InChI=1S/C22H17Cl2FN4O3/c23-15-6-3-13(9-16(15)24)19-11-29-20(22(32)27-19)10-18(28-29)21(31)26-17(7-8-30)12-1-4-14(25)5-2-12/h1-6,9-11,17,30H,7-8H2,(H,26,31)(H,27,32)/t17-/m1/s1. The number of fused-ring (bicyclic) bond motifs is 1. The van der Waals surface area contributed by atoms with Gasteiger partial charge in [0, 0.05) is 18.2 Å². The quantitative estimate of drug-likeness (QED) is 0.393. The van der Waals surface area contributed by atoms with Gasteiger partial charge in [0.2, 0.25) is 0 Å². The summed E-state index contributed by atoms with van der Waals surface area (Å²) in [7, 11) is 0. The van der Waals surface area contributed by atoms with Crippen LogP contribution in [0.3, 0.4) is 0 Å². The van der Waals surface area contributed by atoms with Crippen LogP contribution in [0.5, 0.6) is 0 Å². The third kappa shape index (κ3) is 4.52. The van der Waals surface area contributed by atoms with E-state index in [0.717, 1.165) is 0 Å². The Labute approximate surface area is 191 Å². The number of halogens is 3. The first kappa shape index (κ1) is 22.0. The summed E-state index contributed by atoms with van der Waals surface area (Å²) in [5.74, 6) is -0.938. The Balaban J connectivity index is 1.64. The fourth-order valence-corrected chi connectivity index (χ4v) is 3.60. The Kier molecular flexibility index (Phi) is 6.27. The molecule has 2 aromatic carbocycles. The molecule has 0 spiro atoms. The van der Waals surface area contributed by atoms with Gasteiger partial charge in [-0.15, -0.1) is 0 Å². The predicted molar refractivity (Wildman–Crippen MR) is 120 cm³/mol. The molecule has 32 heavy (non-hydrogen) atoms. The third-order valence-corrected chi connectivity index (χ3v) is 5.67. The molecule has 2 aromatic heterocycles. The summed E-state index contributed by atoms with van der Waals surface area (Å²) < 4.78 is 14.5. The van der Waals surface area contributed by atoms with Crippen LogP contribution in [0.1, 0.15) is 28.5 Å². The second-order valence-corrected chi connectivity index (χ2v) is 7.89. The van der Waals surface area contributed by atoms with Crippen molar-refractivity contribution in [1.82, 2.24) is 19.9 Å². The van der Waals surface area contributed by atoms with E-state index in [4.69, 9.17) is 23.2 Å². The highest BCUT2D eigenvalue weighted by Crippen LogP contribution is 2.27. The normalized spacial score (nSPS) is 12.1. The number of carbonyl (C=O) groups excluding carboxylic acids is 1. The largest absolute Gasteiger partial charge is 0.396 e. The van der Waals surface area contributed by atoms with Gasteiger partial charge < -0.3 is 15.4 Å². The molecule has 1 amide bonds. The number of hydrogen-bond donors (Lipinski definition) is 3. The third-order valence-electron chi connectivity index (χ3n) is 4.93. The molecule has 0 fully saturated rings. The summed E-state index contributed by atoms with van der Waals surface area (Å²) in [6.07, 6.45) is 1.80. The van der Waals surface area contributed by atoms with Gasteiger partial charge in [-0.25, -0.2) is 8.91 Å². The highest BCUT2D eigenvalue weighted by atomic mass is 35.5. The van der Waals surface area contributed by atoms with Crippen LogP contribution in [-0.4, -0.2) is 32.2 Å². The molecule has 0 unspecified atom stereocenters. The average Bonchev–Trinajstić information content (AvgIpc) is 3.21. The zero-order valence-corrected chi connectivity index (χ0v) is 18.0. The van der Waals surface area contributed by atoms with E-state index in [9.17, 15) is 19.1 Å². The Morgan fingerprint density at radius 1 is 1.16 bits per heavy atom. The maximum atomic E-state index is 13.2. The minimum Gasteiger partial charge on any atom is -0.396 e. The van der Waals surface area contributed by atoms with Crippen molar-refractivity contribution in [3.8, 4) is 11.3 Å². The summed E-state index contributed by atoms with van der Waals surface area (Å²) >= 11 is 12.0. The van der Waals surface area contributed by atoms with Crippen LogP contribution in [0.25, 0.3) is 16.8 Å². The number of aliphatic hydroxyl groups excluding tert-OH is 1. The zero-order chi connectivity index (χ0) is 22.8. The number of amides is 1. The first-order valence-corrected chi connectivity index (χ1v) is 10.4. The molecule has 164 valence electrons. The van der Waals surface area contributed by atoms with Gasteiger partial charge in [0.1, 0.15) is 11.3 Å². The molecule has 4 aromatic rings. The van der Waals surface area contributed by atoms with Crippen LogP contribution in [-0.2, 0) is 0 Å². The maximum Gasteiger partial charge on any atom is 0.274 e. The second kappa shape index (κ2) is 9.12. The van der Waals surface area contributed by atoms with E-state index in [1.54, 1.807) is 24.4 Å². The number of hydrogen-bond acceptors (Lipinski definition) is 4. The van der Waals surface area contributed by atoms with E-state index in [1.165, 1.54) is 34.8 Å². The van der Waals surface area contributed by atoms with Gasteiger partial charge in [-0.3, -0.25) is 9.59 Å². The van der Waals surface area contributed by atoms with Crippen molar-refractivity contribution >= 4 is 34.6 Å². The minimum atomic E-state index is -0.553. The van der Waals surface area contributed by atoms with Crippen molar-refractivity contribution in [3.05, 3.63) is 92.2 Å². The van der Waals surface area contributed by atoms with Crippen LogP contribution in [0, 0.1) is 5.82 Å². The molecular weight excluding hydrogens is 458 g/mol. The number of nitrogens with one attached hydrogen (secondary N) is 2. The monoisotopic (exact) mass is 474 g/mol. The predicted octanol–water partition coefficient (Wildman–Crippen LogP) is 3.99. The molecular formula is C22H17Cl2FN4O3. The van der Waals surface area contributed by atoms with E-state index >= 15 is 0 Å². The number of aromatic nitrogens is 3. The van der Waals surface area contributed by atoms with E-state index in [1.807, 2.05) is 0 Å². The van der Waals surface area contributed by atoms with Gasteiger partial charge in [0.25, 0.3) is 11.5 Å². The molecule has 3 N–H and O–H groups in total. The van der Waals surface area contributed by atoms with Crippen molar-refractivity contribution in [2.24, 2.45) is 0 Å². The molecule has 0 bridgehead atoms. The Hall–Kier alpha value is -3.20. The van der Waals surface area contributed by atoms with Gasteiger partial charge in [0.05, 0.1) is 28.0 Å². The van der Waals surface area contributed by atoms with Crippen LogP contribution in [0.2, 0.25) is 10.0 Å². The molecule has 2 heterocycles. The lowest BCUT2D eigenvalue weighted by Gasteiger charge is -2.17. The number of nitrogens with zero attached hydrogens (tertiary/aromatic N) is 2. The topological polar surface area (TPSA) is 99.5 Å². The lowest BCUT2D eigenvalue weighted by molar-refractivity contribution is 0.0924. The van der Waals surface area contributed by atoms with Gasteiger partial charge in [0.15, 0.2) is 5.69 Å². The smallest absolute Gasteiger partial charge is 0.274 e. The molecule has 7 nitrogen and oxygen atoms in total. The molecule has 0 saturated heterocycles. The van der Waals surface area contributed by atoms with Gasteiger partial charge >= 0.3 is 0 Å². The Morgan fingerprint density at radius 3 is 2.59 bits per heavy atom. The number of rotatable bonds is 6. The van der Waals surface area contributed by atoms with Crippen molar-refractivity contribution in [1.29, 1.82) is 0 Å². The van der Waals surface area contributed by atoms with Gasteiger partial charge in [-0.1, -0.05) is 41.4 Å². The average molecular weight is 475 g/mol. The first-order chi connectivity index (χ1) is 15.4. The SMILES string of the molecule is O=C(N[C@H](CCO)c1ccc(F)cc1)c1cc2c(=O)[nH]c(-c3ccc(Cl)c(Cl)c3)cn2n1. The van der Waals surface area contributed by atoms with Crippen LogP contribution in [0.4, 0.5) is 4.39 Å². The van der Waals surface area contributed by atoms with E-state index in [-0.39, 0.29) is 24.2 Å². The molecule has 4 rings (SSSR count). The molecule has 10 heteroatoms. The van der Waals surface area contributed by atoms with Crippen molar-refractivity contribution < 1.29 is 14.3 Å². The van der Waals surface area contributed by atoms with E-state index in [0.29, 0.717) is 26.9 Å². The lowest BCUT2D eigenvalue weighted by atomic mass is 10.0. The van der Waals surface area contributed by atoms with Crippen LogP contribution >= 0.6 is 23.2 Å². The van der Waals surface area contributed by atoms with Crippen molar-refractivity contribution in [2.45, 2.75) is 12.5 Å². The van der Waals surface area contributed by atoms with Crippen LogP contribution < -0.4 is 10.9 Å². The summed E-state index contributed by atoms with van der Waals surface area (Å²) in [6.45, 7) is -0.180. The number of benzene rings is 2. The molecule has 0 aliphatic carbocycles. The molecule has 0 saturated carbocycles. The summed E-state index contributed by atoms with van der Waals surface area (Å²) in [5, 5.41) is 17.1. The minimum absolute atomic E-state index is 0.0202. The van der Waals surface area contributed by atoms with E-state index in [2.05, 4.69) is 15.4 Å². The fraction of sp³-hybridized carbons (Fsp3) is 0.136. The number of aromatic amines is 1. The lowest BCUT2D eigenvalue weighted by Crippen LogP contribution is -2.29. The summed E-state index contributed by atoms with van der Waals surface area (Å²) in [4.78, 5) is 28.1. The van der Waals surface area contributed by atoms with Crippen LogP contribution in [0.15, 0.2) is 59.5 Å². The highest BCUT2D eigenvalue weighted by Gasteiger charge is 2.19. The van der Waals surface area contributed by atoms with Crippen molar-refractivity contribution in [3.63, 3.8) is 0 Å². The number of aliphatic hydroxyl groups is 1. The van der Waals surface area contributed by atoms with Gasteiger partial charge in [-0.2, -0.15) is 5.10 Å². The summed E-state index contributed by atoms with van der Waals surface area (Å²) in [6, 6.07) is 11.4. The number of H-pyrrole nitrogens is 1. The molecule has 0 aliphatic heterocycles. The van der Waals surface area contributed by atoms with E-state index < -0.39 is 23.3 Å². The molecule has 0 radical (unpaired) electrons. The molecule has 1 atom stereocenters. The fourth-order valence-electron chi connectivity index (χ4n) is 3.30. The highest BCUT2D eigenvalue weighted by molar-refractivity contribution is 6.42.